The molecule has 2 N–H and O–H groups in total. The zero-order valence-corrected chi connectivity index (χ0v) is 13.7. The lowest BCUT2D eigenvalue weighted by molar-refractivity contribution is -0.400. The summed E-state index contributed by atoms with van der Waals surface area (Å²) in [6.07, 6.45) is -8.37. The molecule has 2 aromatic rings. The summed E-state index contributed by atoms with van der Waals surface area (Å²) in [6.45, 7) is 0. The Balaban J connectivity index is 2.62. The van der Waals surface area contributed by atoms with Crippen LogP contribution in [0, 0.1) is 0 Å². The summed E-state index contributed by atoms with van der Waals surface area (Å²) in [5.74, 6) is -21.1. The SMILES string of the molecule is O=C(O)CCCc1c(C(F)(F)C(F)(F)C(F)(F)C(F)(F)F)[nH]c2ccccc12. The number of carboxylic acids is 1. The van der Waals surface area contributed by atoms with Gasteiger partial charge in [0.05, 0.1) is 5.69 Å². The summed E-state index contributed by atoms with van der Waals surface area (Å²) in [5.41, 5.74) is -2.67. The number of H-pyrrole nitrogens is 1. The fraction of sp³-hybridized carbons (Fsp3) is 0.438. The molecule has 156 valence electrons. The van der Waals surface area contributed by atoms with Crippen molar-refractivity contribution in [2.45, 2.75) is 43.2 Å². The zero-order valence-electron chi connectivity index (χ0n) is 13.7. The van der Waals surface area contributed by atoms with Crippen molar-refractivity contribution >= 4 is 16.9 Å². The fourth-order valence-corrected chi connectivity index (χ4v) is 2.68. The molecule has 1 aromatic heterocycles. The van der Waals surface area contributed by atoms with Crippen LogP contribution < -0.4 is 0 Å². The Morgan fingerprint density at radius 3 is 2.04 bits per heavy atom. The summed E-state index contributed by atoms with van der Waals surface area (Å²) in [7, 11) is 0. The first-order valence-corrected chi connectivity index (χ1v) is 7.66. The summed E-state index contributed by atoms with van der Waals surface area (Å²) < 4.78 is 120. The van der Waals surface area contributed by atoms with Crippen molar-refractivity contribution < 1.29 is 49.4 Å². The van der Waals surface area contributed by atoms with Crippen LogP contribution in [0.25, 0.3) is 10.9 Å². The highest BCUT2D eigenvalue weighted by atomic mass is 19.4. The van der Waals surface area contributed by atoms with Gasteiger partial charge in [-0.2, -0.15) is 39.5 Å². The van der Waals surface area contributed by atoms with Crippen LogP contribution in [0.5, 0.6) is 0 Å². The van der Waals surface area contributed by atoms with E-state index in [1.54, 1.807) is 4.98 Å². The summed E-state index contributed by atoms with van der Waals surface area (Å²) in [4.78, 5) is 12.4. The highest BCUT2D eigenvalue weighted by Gasteiger charge is 2.82. The fourth-order valence-electron chi connectivity index (χ4n) is 2.68. The molecule has 2 rings (SSSR count). The molecule has 0 saturated heterocycles. The molecule has 0 radical (unpaired) electrons. The predicted octanol–water partition coefficient (Wildman–Crippen LogP) is 5.50. The van der Waals surface area contributed by atoms with Gasteiger partial charge in [-0.05, 0) is 24.5 Å². The van der Waals surface area contributed by atoms with Crippen LogP contribution in [0.3, 0.4) is 0 Å². The van der Waals surface area contributed by atoms with Gasteiger partial charge in [0.25, 0.3) is 0 Å². The molecule has 0 unspecified atom stereocenters. The molecule has 0 amide bonds. The van der Waals surface area contributed by atoms with Gasteiger partial charge in [-0.3, -0.25) is 4.79 Å². The average Bonchev–Trinajstić information content (AvgIpc) is 2.93. The Bertz CT molecular complexity index is 871. The second kappa shape index (κ2) is 6.89. The number of aryl methyl sites for hydroxylation is 1. The van der Waals surface area contributed by atoms with E-state index >= 15 is 0 Å². The minimum absolute atomic E-state index is 0.117. The molecule has 3 nitrogen and oxygen atoms in total. The number of hydrogen-bond donors (Lipinski definition) is 2. The molecule has 0 spiro atoms. The van der Waals surface area contributed by atoms with Crippen LogP contribution in [-0.4, -0.2) is 34.1 Å². The quantitative estimate of drug-likeness (QED) is 0.581. The monoisotopic (exact) mass is 421 g/mol. The largest absolute Gasteiger partial charge is 0.481 e. The lowest BCUT2D eigenvalue weighted by Gasteiger charge is -2.33. The molecular weight excluding hydrogens is 409 g/mol. The van der Waals surface area contributed by atoms with Crippen LogP contribution >= 0.6 is 0 Å². The number of nitrogens with one attached hydrogen (secondary N) is 1. The number of rotatable bonds is 7. The number of fused-ring (bicyclic) bond motifs is 1. The lowest BCUT2D eigenvalue weighted by atomic mass is 9.95. The van der Waals surface area contributed by atoms with E-state index < -0.39 is 54.0 Å². The minimum atomic E-state index is -7.01. The second-order valence-electron chi connectivity index (χ2n) is 5.99. The molecule has 0 aliphatic rings. The molecule has 0 bridgehead atoms. The third-order valence-corrected chi connectivity index (χ3v) is 4.09. The van der Waals surface area contributed by atoms with Crippen molar-refractivity contribution in [2.24, 2.45) is 0 Å². The summed E-state index contributed by atoms with van der Waals surface area (Å²) in [6, 6.07) is 4.91. The number of halogens is 9. The Hall–Kier alpha value is -2.40. The van der Waals surface area contributed by atoms with E-state index in [4.69, 9.17) is 5.11 Å². The maximum absolute atomic E-state index is 14.4. The number of alkyl halides is 9. The number of hydrogen-bond acceptors (Lipinski definition) is 1. The van der Waals surface area contributed by atoms with Crippen molar-refractivity contribution in [2.75, 3.05) is 0 Å². The van der Waals surface area contributed by atoms with Crippen molar-refractivity contribution in [3.05, 3.63) is 35.5 Å². The van der Waals surface area contributed by atoms with E-state index in [9.17, 15) is 44.3 Å². The maximum atomic E-state index is 14.4. The number of aromatic nitrogens is 1. The highest BCUT2D eigenvalue weighted by molar-refractivity contribution is 5.85. The third-order valence-electron chi connectivity index (χ3n) is 4.09. The van der Waals surface area contributed by atoms with Gasteiger partial charge in [0.15, 0.2) is 0 Å². The molecule has 0 atom stereocenters. The Morgan fingerprint density at radius 2 is 1.50 bits per heavy atom. The minimum Gasteiger partial charge on any atom is -0.481 e. The standard InChI is InChI=1S/C16H12F9NO2/c17-13(18,14(19,20)15(21,22)16(23,24)25)12-9(5-3-7-11(27)28)8-4-1-2-6-10(8)26-12/h1-2,4,6,26H,3,5,7H2,(H,27,28). The van der Waals surface area contributed by atoms with Crippen molar-refractivity contribution in [3.63, 3.8) is 0 Å². The van der Waals surface area contributed by atoms with Crippen LogP contribution in [0.1, 0.15) is 24.1 Å². The van der Waals surface area contributed by atoms with Gasteiger partial charge >= 0.3 is 29.9 Å². The van der Waals surface area contributed by atoms with Gasteiger partial charge in [-0.15, -0.1) is 0 Å². The zero-order chi connectivity index (χ0) is 21.5. The summed E-state index contributed by atoms with van der Waals surface area (Å²) >= 11 is 0. The van der Waals surface area contributed by atoms with E-state index in [2.05, 4.69) is 0 Å². The first-order valence-electron chi connectivity index (χ1n) is 7.66. The Kier molecular flexibility index (Phi) is 5.39. The van der Waals surface area contributed by atoms with Crippen LogP contribution in [0.4, 0.5) is 39.5 Å². The van der Waals surface area contributed by atoms with Crippen molar-refractivity contribution in [3.8, 4) is 0 Å². The molecule has 0 fully saturated rings. The predicted molar refractivity (Wildman–Crippen MR) is 78.7 cm³/mol. The summed E-state index contributed by atoms with van der Waals surface area (Å²) in [5, 5.41) is 8.49. The molecule has 1 heterocycles. The van der Waals surface area contributed by atoms with E-state index in [0.717, 1.165) is 6.07 Å². The molecule has 0 aliphatic heterocycles. The van der Waals surface area contributed by atoms with Gasteiger partial charge in [0.1, 0.15) is 0 Å². The number of para-hydroxylation sites is 1. The molecule has 12 heteroatoms. The highest BCUT2D eigenvalue weighted by Crippen LogP contribution is 2.57. The van der Waals surface area contributed by atoms with Gasteiger partial charge < -0.3 is 10.1 Å². The smallest absolute Gasteiger partial charge is 0.460 e. The first kappa shape index (κ1) is 21.9. The van der Waals surface area contributed by atoms with E-state index in [0.29, 0.717) is 0 Å². The molecular formula is C16H12F9NO2. The first-order chi connectivity index (χ1) is 12.6. The lowest BCUT2D eigenvalue weighted by Crippen LogP contribution is -2.59. The second-order valence-corrected chi connectivity index (χ2v) is 5.99. The number of carbonyl (C=O) groups is 1. The topological polar surface area (TPSA) is 53.1 Å². The Labute approximate surface area is 151 Å². The van der Waals surface area contributed by atoms with Crippen molar-refractivity contribution in [1.29, 1.82) is 0 Å². The van der Waals surface area contributed by atoms with E-state index in [-0.39, 0.29) is 17.3 Å². The number of aliphatic carboxylic acids is 1. The Morgan fingerprint density at radius 1 is 0.929 bits per heavy atom. The van der Waals surface area contributed by atoms with Gasteiger partial charge in [0.2, 0.25) is 0 Å². The number of benzene rings is 1. The third kappa shape index (κ3) is 3.39. The van der Waals surface area contributed by atoms with Gasteiger partial charge in [0, 0.05) is 17.3 Å². The van der Waals surface area contributed by atoms with Gasteiger partial charge in [-0.1, -0.05) is 18.2 Å². The van der Waals surface area contributed by atoms with Crippen LogP contribution in [0.15, 0.2) is 24.3 Å². The number of aromatic amines is 1. The van der Waals surface area contributed by atoms with Crippen molar-refractivity contribution in [1.82, 2.24) is 4.98 Å². The molecule has 1 aromatic carbocycles. The maximum Gasteiger partial charge on any atom is 0.460 e. The number of carboxylic acid groups (broad SMARTS) is 1. The van der Waals surface area contributed by atoms with Crippen LogP contribution in [0.2, 0.25) is 0 Å². The normalized spacial score (nSPS) is 13.9. The van der Waals surface area contributed by atoms with Gasteiger partial charge in [-0.25, -0.2) is 0 Å². The average molecular weight is 421 g/mol. The van der Waals surface area contributed by atoms with E-state index in [1.165, 1.54) is 18.2 Å². The van der Waals surface area contributed by atoms with E-state index in [1.807, 2.05) is 0 Å². The van der Waals surface area contributed by atoms with Crippen LogP contribution in [-0.2, 0) is 17.1 Å². The molecule has 0 saturated carbocycles. The molecule has 28 heavy (non-hydrogen) atoms. The molecule has 0 aliphatic carbocycles.